The monoisotopic (exact) mass is 294 g/mol. The summed E-state index contributed by atoms with van der Waals surface area (Å²) in [4.78, 5) is 11.0. The second-order valence-corrected chi connectivity index (χ2v) is 6.39. The average Bonchev–Trinajstić information content (AvgIpc) is 3.27. The van der Waals surface area contributed by atoms with Gasteiger partial charge in [-0.3, -0.25) is 4.79 Å². The lowest BCUT2D eigenvalue weighted by atomic mass is 9.91. The minimum atomic E-state index is -0.743. The van der Waals surface area contributed by atoms with Crippen LogP contribution in [-0.4, -0.2) is 17.7 Å². The second-order valence-electron chi connectivity index (χ2n) is 5.99. The zero-order valence-electron chi connectivity index (χ0n) is 11.3. The van der Waals surface area contributed by atoms with Crippen LogP contribution in [0.4, 0.5) is 0 Å². The Kier molecular flexibility index (Phi) is 3.88. The zero-order chi connectivity index (χ0) is 14.1. The van der Waals surface area contributed by atoms with Gasteiger partial charge in [0, 0.05) is 0 Å². The quantitative estimate of drug-likeness (QED) is 0.823. The Balaban J connectivity index is 1.71. The molecule has 1 aromatic rings. The highest BCUT2D eigenvalue weighted by Gasteiger charge is 2.34. The van der Waals surface area contributed by atoms with Crippen molar-refractivity contribution in [2.75, 3.05) is 6.61 Å². The van der Waals surface area contributed by atoms with E-state index in [2.05, 4.69) is 0 Å². The summed E-state index contributed by atoms with van der Waals surface area (Å²) in [6.45, 7) is 0.736. The second kappa shape index (κ2) is 5.65. The van der Waals surface area contributed by atoms with Crippen molar-refractivity contribution in [3.05, 3.63) is 28.8 Å². The molecule has 2 saturated carbocycles. The lowest BCUT2D eigenvalue weighted by Crippen LogP contribution is -2.08. The van der Waals surface area contributed by atoms with Gasteiger partial charge in [-0.1, -0.05) is 17.7 Å². The Morgan fingerprint density at radius 3 is 2.65 bits per heavy atom. The Morgan fingerprint density at radius 2 is 2.10 bits per heavy atom. The van der Waals surface area contributed by atoms with Crippen molar-refractivity contribution >= 4 is 17.6 Å². The fourth-order valence-electron chi connectivity index (χ4n) is 2.60. The molecule has 1 unspecified atom stereocenters. The van der Waals surface area contributed by atoms with Crippen LogP contribution in [-0.2, 0) is 4.79 Å². The molecule has 0 aromatic heterocycles. The van der Waals surface area contributed by atoms with Gasteiger partial charge in [0.2, 0.25) is 0 Å². The first-order chi connectivity index (χ1) is 9.63. The average molecular weight is 295 g/mol. The number of carboxylic acids is 1. The number of carboxylic acid groups (broad SMARTS) is 1. The Morgan fingerprint density at radius 1 is 1.35 bits per heavy atom. The van der Waals surface area contributed by atoms with Gasteiger partial charge in [-0.05, 0) is 61.1 Å². The molecule has 1 aromatic carbocycles. The van der Waals surface area contributed by atoms with Crippen LogP contribution >= 0.6 is 11.6 Å². The first kappa shape index (κ1) is 13.7. The van der Waals surface area contributed by atoms with E-state index in [-0.39, 0.29) is 12.3 Å². The van der Waals surface area contributed by atoms with Gasteiger partial charge in [0.05, 0.1) is 18.1 Å². The number of carbonyl (C=O) groups is 1. The third kappa shape index (κ3) is 3.45. The highest BCUT2D eigenvalue weighted by Crippen LogP contribution is 2.45. The summed E-state index contributed by atoms with van der Waals surface area (Å²) >= 11 is 6.27. The molecule has 0 spiro atoms. The molecule has 1 N–H and O–H groups in total. The van der Waals surface area contributed by atoms with Crippen molar-refractivity contribution in [2.45, 2.75) is 38.0 Å². The van der Waals surface area contributed by atoms with Crippen LogP contribution in [0.3, 0.4) is 0 Å². The van der Waals surface area contributed by atoms with E-state index < -0.39 is 5.97 Å². The van der Waals surface area contributed by atoms with Gasteiger partial charge in [0.15, 0.2) is 0 Å². The molecule has 0 aliphatic heterocycles. The van der Waals surface area contributed by atoms with E-state index in [1.807, 2.05) is 18.2 Å². The molecule has 0 saturated heterocycles. The van der Waals surface area contributed by atoms with E-state index in [1.54, 1.807) is 0 Å². The molecule has 0 bridgehead atoms. The molecule has 2 fully saturated rings. The van der Waals surface area contributed by atoms with Gasteiger partial charge < -0.3 is 9.84 Å². The fourth-order valence-corrected chi connectivity index (χ4v) is 2.84. The minimum Gasteiger partial charge on any atom is -0.492 e. The van der Waals surface area contributed by atoms with Gasteiger partial charge in [-0.25, -0.2) is 0 Å². The molecule has 108 valence electrons. The van der Waals surface area contributed by atoms with E-state index in [0.29, 0.717) is 22.6 Å². The summed E-state index contributed by atoms with van der Waals surface area (Å²) in [5.74, 6) is 1.25. The molecule has 0 amide bonds. The van der Waals surface area contributed by atoms with Crippen LogP contribution in [0.25, 0.3) is 0 Å². The number of hydrogen-bond donors (Lipinski definition) is 1. The SMILES string of the molecule is O=C(O)CC(c1ccc(OCC2CC2)c(Cl)c1)C1CC1. The smallest absolute Gasteiger partial charge is 0.303 e. The number of rotatable bonds is 7. The third-order valence-corrected chi connectivity index (χ3v) is 4.44. The number of halogens is 1. The zero-order valence-corrected chi connectivity index (χ0v) is 12.1. The van der Waals surface area contributed by atoms with Crippen molar-refractivity contribution in [1.82, 2.24) is 0 Å². The maximum absolute atomic E-state index is 11.0. The van der Waals surface area contributed by atoms with E-state index in [1.165, 1.54) is 12.8 Å². The van der Waals surface area contributed by atoms with E-state index in [4.69, 9.17) is 21.4 Å². The number of hydrogen-bond acceptors (Lipinski definition) is 2. The van der Waals surface area contributed by atoms with Crippen LogP contribution < -0.4 is 4.74 Å². The first-order valence-electron chi connectivity index (χ1n) is 7.27. The molecule has 4 heteroatoms. The summed E-state index contributed by atoms with van der Waals surface area (Å²) in [7, 11) is 0. The van der Waals surface area contributed by atoms with Gasteiger partial charge in [-0.2, -0.15) is 0 Å². The Labute approximate surface area is 123 Å². The normalized spacial score (nSPS) is 19.6. The molecule has 2 aliphatic rings. The summed E-state index contributed by atoms with van der Waals surface area (Å²) in [5.41, 5.74) is 1.03. The first-order valence-corrected chi connectivity index (χ1v) is 7.65. The predicted octanol–water partition coefficient (Wildman–Crippen LogP) is 4.10. The van der Waals surface area contributed by atoms with Gasteiger partial charge in [-0.15, -0.1) is 0 Å². The van der Waals surface area contributed by atoms with E-state index in [0.717, 1.165) is 25.0 Å². The molecular weight excluding hydrogens is 276 g/mol. The van der Waals surface area contributed by atoms with Crippen molar-refractivity contribution in [1.29, 1.82) is 0 Å². The number of benzene rings is 1. The standard InChI is InChI=1S/C16H19ClO3/c17-14-7-12(13(8-16(18)19)11-3-4-11)5-6-15(14)20-9-10-1-2-10/h5-7,10-11,13H,1-4,8-9H2,(H,18,19). The fraction of sp³-hybridized carbons (Fsp3) is 0.562. The molecular formula is C16H19ClO3. The highest BCUT2D eigenvalue weighted by atomic mass is 35.5. The highest BCUT2D eigenvalue weighted by molar-refractivity contribution is 6.32. The van der Waals surface area contributed by atoms with Crippen LogP contribution in [0.15, 0.2) is 18.2 Å². The van der Waals surface area contributed by atoms with Crippen LogP contribution in [0.5, 0.6) is 5.75 Å². The maximum Gasteiger partial charge on any atom is 0.303 e. The van der Waals surface area contributed by atoms with Crippen LogP contribution in [0.1, 0.15) is 43.6 Å². The molecule has 0 heterocycles. The van der Waals surface area contributed by atoms with Crippen molar-refractivity contribution in [3.63, 3.8) is 0 Å². The molecule has 3 rings (SSSR count). The summed E-state index contributed by atoms with van der Waals surface area (Å²) in [5, 5.41) is 9.64. The summed E-state index contributed by atoms with van der Waals surface area (Å²) in [6, 6.07) is 5.74. The van der Waals surface area contributed by atoms with Gasteiger partial charge in [0.1, 0.15) is 5.75 Å². The molecule has 1 atom stereocenters. The predicted molar refractivity (Wildman–Crippen MR) is 77.4 cm³/mol. The molecule has 0 radical (unpaired) electrons. The number of ether oxygens (including phenoxy) is 1. The lowest BCUT2D eigenvalue weighted by Gasteiger charge is -2.16. The Bertz CT molecular complexity index is 506. The van der Waals surface area contributed by atoms with E-state index >= 15 is 0 Å². The topological polar surface area (TPSA) is 46.5 Å². The molecule has 3 nitrogen and oxygen atoms in total. The lowest BCUT2D eigenvalue weighted by molar-refractivity contribution is -0.137. The van der Waals surface area contributed by atoms with Crippen LogP contribution in [0.2, 0.25) is 5.02 Å². The maximum atomic E-state index is 11.0. The van der Waals surface area contributed by atoms with Gasteiger partial charge in [0.25, 0.3) is 0 Å². The summed E-state index contributed by atoms with van der Waals surface area (Å²) in [6.07, 6.45) is 4.92. The van der Waals surface area contributed by atoms with E-state index in [9.17, 15) is 4.79 Å². The Hall–Kier alpha value is -1.22. The van der Waals surface area contributed by atoms with Crippen LogP contribution in [0, 0.1) is 11.8 Å². The van der Waals surface area contributed by atoms with Crippen molar-refractivity contribution in [3.8, 4) is 5.75 Å². The van der Waals surface area contributed by atoms with Crippen molar-refractivity contribution in [2.24, 2.45) is 11.8 Å². The third-order valence-electron chi connectivity index (χ3n) is 4.14. The molecule has 2 aliphatic carbocycles. The summed E-state index contributed by atoms with van der Waals surface area (Å²) < 4.78 is 5.70. The largest absolute Gasteiger partial charge is 0.492 e. The minimum absolute atomic E-state index is 0.0856. The molecule has 20 heavy (non-hydrogen) atoms. The van der Waals surface area contributed by atoms with Gasteiger partial charge >= 0.3 is 5.97 Å². The van der Waals surface area contributed by atoms with Crippen molar-refractivity contribution < 1.29 is 14.6 Å². The number of aliphatic carboxylic acids is 1.